The number of amides is 1. The second-order valence-electron chi connectivity index (χ2n) is 6.68. The number of rotatable bonds is 4. The minimum absolute atomic E-state index is 0.273. The summed E-state index contributed by atoms with van der Waals surface area (Å²) in [5.74, 6) is -1.27. The van der Waals surface area contributed by atoms with E-state index in [0.717, 1.165) is 30.6 Å². The Bertz CT molecular complexity index is 776. The van der Waals surface area contributed by atoms with Crippen LogP contribution in [0.25, 0.3) is 5.69 Å². The summed E-state index contributed by atoms with van der Waals surface area (Å²) in [6, 6.07) is 11.3. The minimum Gasteiger partial charge on any atom is -0.479 e. The van der Waals surface area contributed by atoms with Gasteiger partial charge in [-0.05, 0) is 38.0 Å². The molecule has 132 valence electrons. The Morgan fingerprint density at radius 1 is 1.16 bits per heavy atom. The monoisotopic (exact) mass is 341 g/mol. The molecule has 0 unspecified atom stereocenters. The van der Waals surface area contributed by atoms with E-state index in [1.54, 1.807) is 17.8 Å². The fourth-order valence-electron chi connectivity index (χ4n) is 3.61. The molecule has 0 atom stereocenters. The smallest absolute Gasteiger partial charge is 0.329 e. The zero-order chi connectivity index (χ0) is 18.0. The number of hydrogen-bond donors (Lipinski definition) is 1. The van der Waals surface area contributed by atoms with E-state index in [1.807, 2.05) is 37.3 Å². The summed E-state index contributed by atoms with van der Waals surface area (Å²) in [5.41, 5.74) is 0.845. The van der Waals surface area contributed by atoms with Crippen LogP contribution in [-0.4, -0.2) is 44.3 Å². The Morgan fingerprint density at radius 3 is 2.40 bits per heavy atom. The number of aliphatic carboxylic acids is 1. The lowest BCUT2D eigenvalue weighted by Crippen LogP contribution is -2.56. The van der Waals surface area contributed by atoms with Gasteiger partial charge in [0.25, 0.3) is 5.91 Å². The van der Waals surface area contributed by atoms with Crippen molar-refractivity contribution in [2.24, 2.45) is 0 Å². The van der Waals surface area contributed by atoms with Gasteiger partial charge in [-0.3, -0.25) is 4.79 Å². The van der Waals surface area contributed by atoms with E-state index < -0.39 is 11.5 Å². The Kier molecular flexibility index (Phi) is 4.61. The SMILES string of the molecule is Cc1cc(C(=O)N(C)C2(C(=O)O)CCCCC2)nn1-c1ccccc1. The van der Waals surface area contributed by atoms with Gasteiger partial charge >= 0.3 is 5.97 Å². The number of carboxylic acid groups (broad SMARTS) is 1. The van der Waals surface area contributed by atoms with Crippen LogP contribution in [0.3, 0.4) is 0 Å². The third kappa shape index (κ3) is 3.04. The van der Waals surface area contributed by atoms with Crippen molar-refractivity contribution in [1.29, 1.82) is 0 Å². The molecule has 1 saturated carbocycles. The number of nitrogens with zero attached hydrogens (tertiary/aromatic N) is 3. The lowest BCUT2D eigenvalue weighted by atomic mass is 9.80. The first-order valence-corrected chi connectivity index (χ1v) is 8.59. The third-order valence-electron chi connectivity index (χ3n) is 5.13. The van der Waals surface area contributed by atoms with E-state index in [4.69, 9.17) is 0 Å². The Morgan fingerprint density at radius 2 is 1.80 bits per heavy atom. The van der Waals surface area contributed by atoms with Gasteiger partial charge in [0.2, 0.25) is 0 Å². The number of carbonyl (C=O) groups excluding carboxylic acids is 1. The first-order chi connectivity index (χ1) is 12.0. The molecule has 1 aromatic heterocycles. The van der Waals surface area contributed by atoms with Gasteiger partial charge in [-0.1, -0.05) is 37.5 Å². The summed E-state index contributed by atoms with van der Waals surface area (Å²) >= 11 is 0. The molecule has 1 N–H and O–H groups in total. The van der Waals surface area contributed by atoms with Crippen LogP contribution in [-0.2, 0) is 4.79 Å². The van der Waals surface area contributed by atoms with Gasteiger partial charge in [0.15, 0.2) is 5.69 Å². The summed E-state index contributed by atoms with van der Waals surface area (Å²) in [5, 5.41) is 14.2. The molecular formula is C19H23N3O3. The molecule has 0 radical (unpaired) electrons. The fraction of sp³-hybridized carbons (Fsp3) is 0.421. The van der Waals surface area contributed by atoms with Crippen LogP contribution < -0.4 is 0 Å². The van der Waals surface area contributed by atoms with Crippen molar-refractivity contribution in [1.82, 2.24) is 14.7 Å². The van der Waals surface area contributed by atoms with Crippen molar-refractivity contribution in [3.8, 4) is 5.69 Å². The molecule has 25 heavy (non-hydrogen) atoms. The normalized spacial score (nSPS) is 16.4. The average Bonchev–Trinajstić information content (AvgIpc) is 3.03. The maximum atomic E-state index is 12.9. The van der Waals surface area contributed by atoms with Gasteiger partial charge in [-0.15, -0.1) is 0 Å². The van der Waals surface area contributed by atoms with E-state index in [-0.39, 0.29) is 11.6 Å². The highest BCUT2D eigenvalue weighted by atomic mass is 16.4. The van der Waals surface area contributed by atoms with Crippen LogP contribution in [0, 0.1) is 6.92 Å². The quantitative estimate of drug-likeness (QED) is 0.927. The van der Waals surface area contributed by atoms with E-state index in [1.165, 1.54) is 4.90 Å². The molecule has 0 aliphatic heterocycles. The molecule has 1 fully saturated rings. The molecule has 1 amide bonds. The Balaban J connectivity index is 1.91. The van der Waals surface area contributed by atoms with Crippen LogP contribution in [0.2, 0.25) is 0 Å². The standard InChI is InChI=1S/C19H23N3O3/c1-14-13-16(20-22(14)15-9-5-3-6-10-15)17(23)21(2)19(18(24)25)11-7-4-8-12-19/h3,5-6,9-10,13H,4,7-8,11-12H2,1-2H3,(H,24,25). The van der Waals surface area contributed by atoms with Crippen LogP contribution >= 0.6 is 0 Å². The number of carbonyl (C=O) groups is 2. The van der Waals surface area contributed by atoms with Crippen molar-refractivity contribution in [2.75, 3.05) is 7.05 Å². The van der Waals surface area contributed by atoms with E-state index >= 15 is 0 Å². The van der Waals surface area contributed by atoms with E-state index in [0.29, 0.717) is 12.8 Å². The van der Waals surface area contributed by atoms with Crippen molar-refractivity contribution in [3.05, 3.63) is 47.8 Å². The fourth-order valence-corrected chi connectivity index (χ4v) is 3.61. The largest absolute Gasteiger partial charge is 0.479 e. The number of carboxylic acids is 1. The summed E-state index contributed by atoms with van der Waals surface area (Å²) in [6.45, 7) is 1.88. The second-order valence-corrected chi connectivity index (χ2v) is 6.68. The molecule has 2 aromatic rings. The summed E-state index contributed by atoms with van der Waals surface area (Å²) < 4.78 is 1.70. The highest BCUT2D eigenvalue weighted by Crippen LogP contribution is 2.34. The lowest BCUT2D eigenvalue weighted by Gasteiger charge is -2.40. The second kappa shape index (κ2) is 6.70. The van der Waals surface area contributed by atoms with E-state index in [2.05, 4.69) is 5.10 Å². The molecule has 1 heterocycles. The zero-order valence-electron chi connectivity index (χ0n) is 14.6. The average molecular weight is 341 g/mol. The van der Waals surface area contributed by atoms with Crippen molar-refractivity contribution in [3.63, 3.8) is 0 Å². The zero-order valence-corrected chi connectivity index (χ0v) is 14.6. The number of para-hydroxylation sites is 1. The molecule has 1 aliphatic rings. The maximum Gasteiger partial charge on any atom is 0.329 e. The van der Waals surface area contributed by atoms with Crippen molar-refractivity contribution >= 4 is 11.9 Å². The van der Waals surface area contributed by atoms with Gasteiger partial charge in [0.1, 0.15) is 5.54 Å². The highest BCUT2D eigenvalue weighted by Gasteiger charge is 2.46. The topological polar surface area (TPSA) is 75.4 Å². The number of aryl methyl sites for hydroxylation is 1. The molecular weight excluding hydrogens is 318 g/mol. The summed E-state index contributed by atoms with van der Waals surface area (Å²) in [6.07, 6.45) is 3.63. The third-order valence-corrected chi connectivity index (χ3v) is 5.13. The van der Waals surface area contributed by atoms with Crippen LogP contribution in [0.1, 0.15) is 48.3 Å². The van der Waals surface area contributed by atoms with Crippen LogP contribution in [0.5, 0.6) is 0 Å². The Hall–Kier alpha value is -2.63. The number of aromatic nitrogens is 2. The summed E-state index contributed by atoms with van der Waals surface area (Å²) in [7, 11) is 1.58. The maximum absolute atomic E-state index is 12.9. The molecule has 3 rings (SSSR count). The molecule has 0 spiro atoms. The van der Waals surface area contributed by atoms with Crippen molar-refractivity contribution in [2.45, 2.75) is 44.6 Å². The minimum atomic E-state index is -1.13. The summed E-state index contributed by atoms with van der Waals surface area (Å²) in [4.78, 5) is 26.2. The predicted octanol–water partition coefficient (Wildman–Crippen LogP) is 3.04. The lowest BCUT2D eigenvalue weighted by molar-refractivity contribution is -0.151. The molecule has 6 nitrogen and oxygen atoms in total. The van der Waals surface area contributed by atoms with Crippen LogP contribution in [0.15, 0.2) is 36.4 Å². The van der Waals surface area contributed by atoms with Crippen LogP contribution in [0.4, 0.5) is 0 Å². The van der Waals surface area contributed by atoms with Gasteiger partial charge in [0.05, 0.1) is 5.69 Å². The highest BCUT2D eigenvalue weighted by molar-refractivity contribution is 5.96. The van der Waals surface area contributed by atoms with Gasteiger partial charge in [-0.25, -0.2) is 9.48 Å². The molecule has 6 heteroatoms. The first-order valence-electron chi connectivity index (χ1n) is 8.59. The van der Waals surface area contributed by atoms with E-state index in [9.17, 15) is 14.7 Å². The number of hydrogen-bond acceptors (Lipinski definition) is 3. The molecule has 0 saturated heterocycles. The van der Waals surface area contributed by atoms with Gasteiger partial charge in [-0.2, -0.15) is 5.10 Å². The number of likely N-dealkylation sites (N-methyl/N-ethyl adjacent to an activating group) is 1. The number of benzene rings is 1. The molecule has 1 aliphatic carbocycles. The van der Waals surface area contributed by atoms with Crippen molar-refractivity contribution < 1.29 is 14.7 Å². The van der Waals surface area contributed by atoms with Gasteiger partial charge in [0, 0.05) is 12.7 Å². The molecule has 1 aromatic carbocycles. The first kappa shape index (κ1) is 17.2. The van der Waals surface area contributed by atoms with Gasteiger partial charge < -0.3 is 10.0 Å². The molecule has 0 bridgehead atoms. The predicted molar refractivity (Wildman–Crippen MR) is 93.8 cm³/mol. The Labute approximate surface area is 147 Å².